The Balaban J connectivity index is 0.995. The van der Waals surface area contributed by atoms with E-state index in [-0.39, 0.29) is 0 Å². The van der Waals surface area contributed by atoms with Crippen LogP contribution in [0.3, 0.4) is 0 Å². The van der Waals surface area contributed by atoms with Gasteiger partial charge in [-0.15, -0.1) is 0 Å². The SMILES string of the molecule is c1ccc(-c2cccc(-c3cc(-c4cccc(-c5cccc(-c6nc(-c7cccc(-c8ccccc8)c7)nc(-c7cccc(-c8ccccc8)c7)n6)c5)c4)nc(-c4ccccc4)n3)c2)cc1. The predicted molar refractivity (Wildman–Crippen MR) is 270 cm³/mol. The van der Waals surface area contributed by atoms with Gasteiger partial charge >= 0.3 is 0 Å². The Morgan fingerprint density at radius 3 is 0.712 bits per heavy atom. The zero-order chi connectivity index (χ0) is 44.1. The lowest BCUT2D eigenvalue weighted by Crippen LogP contribution is -2.00. The topological polar surface area (TPSA) is 64.5 Å². The van der Waals surface area contributed by atoms with E-state index in [0.717, 1.165) is 89.3 Å². The van der Waals surface area contributed by atoms with E-state index in [1.807, 2.05) is 36.4 Å². The van der Waals surface area contributed by atoms with Crippen LogP contribution >= 0.6 is 0 Å². The van der Waals surface area contributed by atoms with Crippen molar-refractivity contribution in [3.8, 4) is 113 Å². The van der Waals surface area contributed by atoms with E-state index in [1.165, 1.54) is 0 Å². The monoisotopic (exact) mass is 843 g/mol. The van der Waals surface area contributed by atoms with Crippen LogP contribution in [0.5, 0.6) is 0 Å². The highest BCUT2D eigenvalue weighted by Crippen LogP contribution is 2.35. The van der Waals surface area contributed by atoms with Crippen molar-refractivity contribution in [2.45, 2.75) is 0 Å². The Morgan fingerprint density at radius 1 is 0.152 bits per heavy atom. The zero-order valence-electron chi connectivity index (χ0n) is 35.9. The van der Waals surface area contributed by atoms with Crippen LogP contribution in [0.4, 0.5) is 0 Å². The molecule has 310 valence electrons. The number of hydrogen-bond acceptors (Lipinski definition) is 5. The third kappa shape index (κ3) is 8.57. The molecule has 0 saturated carbocycles. The summed E-state index contributed by atoms with van der Waals surface area (Å²) < 4.78 is 0. The van der Waals surface area contributed by atoms with Crippen LogP contribution in [0.2, 0.25) is 0 Å². The minimum Gasteiger partial charge on any atom is -0.228 e. The summed E-state index contributed by atoms with van der Waals surface area (Å²) in [5.74, 6) is 2.47. The lowest BCUT2D eigenvalue weighted by Gasteiger charge is -2.12. The summed E-state index contributed by atoms with van der Waals surface area (Å²) in [6, 6.07) is 85.9. The van der Waals surface area contributed by atoms with Gasteiger partial charge in [-0.05, 0) is 80.9 Å². The molecule has 0 radical (unpaired) electrons. The first kappa shape index (κ1) is 39.9. The highest BCUT2D eigenvalue weighted by Gasteiger charge is 2.16. The molecule has 9 aromatic carbocycles. The Morgan fingerprint density at radius 2 is 0.379 bits per heavy atom. The van der Waals surface area contributed by atoms with Crippen molar-refractivity contribution in [3.63, 3.8) is 0 Å². The molecule has 0 spiro atoms. The highest BCUT2D eigenvalue weighted by molar-refractivity contribution is 5.80. The Labute approximate surface area is 384 Å². The summed E-state index contributed by atoms with van der Waals surface area (Å²) in [5, 5.41) is 0. The molecule has 5 nitrogen and oxygen atoms in total. The average Bonchev–Trinajstić information content (AvgIpc) is 3.42. The summed E-state index contributed by atoms with van der Waals surface area (Å²) in [4.78, 5) is 25.8. The van der Waals surface area contributed by atoms with Crippen LogP contribution in [-0.2, 0) is 0 Å². The van der Waals surface area contributed by atoms with Crippen molar-refractivity contribution in [2.75, 3.05) is 0 Å². The molecule has 0 unspecified atom stereocenters. The molecule has 0 N–H and O–H groups in total. The van der Waals surface area contributed by atoms with Gasteiger partial charge in [-0.3, -0.25) is 0 Å². The summed E-state index contributed by atoms with van der Waals surface area (Å²) in [6.45, 7) is 0. The number of nitrogens with zero attached hydrogens (tertiary/aromatic N) is 5. The number of hydrogen-bond donors (Lipinski definition) is 0. The Kier molecular flexibility index (Phi) is 10.9. The maximum Gasteiger partial charge on any atom is 0.164 e. The first-order valence-corrected chi connectivity index (χ1v) is 22.1. The van der Waals surface area contributed by atoms with Crippen molar-refractivity contribution >= 4 is 0 Å². The van der Waals surface area contributed by atoms with E-state index in [1.54, 1.807) is 0 Å². The van der Waals surface area contributed by atoms with Gasteiger partial charge in [-0.2, -0.15) is 0 Å². The van der Waals surface area contributed by atoms with Gasteiger partial charge in [0.05, 0.1) is 11.4 Å². The van der Waals surface area contributed by atoms with E-state index in [9.17, 15) is 0 Å². The van der Waals surface area contributed by atoms with Gasteiger partial charge in [-0.1, -0.05) is 212 Å². The molecule has 0 aliphatic heterocycles. The van der Waals surface area contributed by atoms with Crippen LogP contribution in [0.1, 0.15) is 0 Å². The van der Waals surface area contributed by atoms with Crippen molar-refractivity contribution in [3.05, 3.63) is 249 Å². The number of benzene rings is 9. The second kappa shape index (κ2) is 18.0. The second-order valence-corrected chi connectivity index (χ2v) is 16.1. The second-order valence-electron chi connectivity index (χ2n) is 16.1. The third-order valence-electron chi connectivity index (χ3n) is 11.7. The number of rotatable bonds is 10. The molecular formula is C61H41N5. The van der Waals surface area contributed by atoms with Gasteiger partial charge in [0.1, 0.15) is 0 Å². The van der Waals surface area contributed by atoms with Gasteiger partial charge < -0.3 is 0 Å². The molecule has 66 heavy (non-hydrogen) atoms. The van der Waals surface area contributed by atoms with Crippen molar-refractivity contribution in [2.24, 2.45) is 0 Å². The molecule has 0 bridgehead atoms. The minimum atomic E-state index is 0.592. The molecule has 11 aromatic rings. The van der Waals surface area contributed by atoms with Crippen molar-refractivity contribution in [1.29, 1.82) is 0 Å². The van der Waals surface area contributed by atoms with Gasteiger partial charge in [-0.25, -0.2) is 24.9 Å². The van der Waals surface area contributed by atoms with E-state index < -0.39 is 0 Å². The Bertz CT molecular complexity index is 3360. The first-order valence-electron chi connectivity index (χ1n) is 22.1. The fourth-order valence-electron chi connectivity index (χ4n) is 8.34. The lowest BCUT2D eigenvalue weighted by molar-refractivity contribution is 1.07. The van der Waals surface area contributed by atoms with Crippen LogP contribution in [0, 0.1) is 0 Å². The number of aromatic nitrogens is 5. The quantitative estimate of drug-likeness (QED) is 0.137. The summed E-state index contributed by atoms with van der Waals surface area (Å²) in [6.07, 6.45) is 0. The molecule has 0 aliphatic carbocycles. The summed E-state index contributed by atoms with van der Waals surface area (Å²) >= 11 is 0. The van der Waals surface area contributed by atoms with E-state index in [0.29, 0.717) is 23.3 Å². The van der Waals surface area contributed by atoms with Crippen LogP contribution in [0.25, 0.3) is 113 Å². The van der Waals surface area contributed by atoms with E-state index in [2.05, 4.69) is 212 Å². The zero-order valence-corrected chi connectivity index (χ0v) is 35.9. The normalized spacial score (nSPS) is 11.0. The third-order valence-corrected chi connectivity index (χ3v) is 11.7. The molecule has 0 fully saturated rings. The van der Waals surface area contributed by atoms with E-state index >= 15 is 0 Å². The lowest BCUT2D eigenvalue weighted by atomic mass is 9.98. The molecule has 0 atom stereocenters. The maximum atomic E-state index is 5.18. The van der Waals surface area contributed by atoms with Crippen LogP contribution in [-0.4, -0.2) is 24.9 Å². The predicted octanol–water partition coefficient (Wildman–Crippen LogP) is 15.3. The fourth-order valence-corrected chi connectivity index (χ4v) is 8.34. The summed E-state index contributed by atoms with van der Waals surface area (Å²) in [7, 11) is 0. The first-order chi connectivity index (χ1) is 32.7. The minimum absolute atomic E-state index is 0.592. The molecule has 11 rings (SSSR count). The van der Waals surface area contributed by atoms with Crippen molar-refractivity contribution < 1.29 is 0 Å². The highest BCUT2D eigenvalue weighted by atomic mass is 15.0. The molecule has 0 aliphatic rings. The molecule has 2 heterocycles. The molecule has 0 saturated heterocycles. The fraction of sp³-hybridized carbons (Fsp3) is 0. The maximum absolute atomic E-state index is 5.18. The van der Waals surface area contributed by atoms with Crippen LogP contribution in [0.15, 0.2) is 249 Å². The largest absolute Gasteiger partial charge is 0.228 e. The molecule has 0 amide bonds. The Hall–Kier alpha value is -8.93. The van der Waals surface area contributed by atoms with Crippen molar-refractivity contribution in [1.82, 2.24) is 24.9 Å². The standard InChI is InChI=1S/C61H41N5/c1-5-18-42(19-6-1)46-26-13-31-51(36-46)56-41-57(63-58(62-56)45-24-11-4-12-25-45)52-32-14-29-49(37-52)50-30-17-35-55(40-50)61-65-59(53-33-15-27-47(38-53)43-20-7-2-8-21-43)64-60(66-61)54-34-16-28-48(39-54)44-22-9-3-10-23-44/h1-41H. The van der Waals surface area contributed by atoms with Gasteiger partial charge in [0.15, 0.2) is 23.3 Å². The molecule has 2 aromatic heterocycles. The molecular weight excluding hydrogens is 803 g/mol. The van der Waals surface area contributed by atoms with Crippen LogP contribution < -0.4 is 0 Å². The van der Waals surface area contributed by atoms with Gasteiger partial charge in [0, 0.05) is 33.4 Å². The summed E-state index contributed by atoms with van der Waals surface area (Å²) in [5.41, 5.74) is 16.2. The van der Waals surface area contributed by atoms with Gasteiger partial charge in [0.25, 0.3) is 0 Å². The smallest absolute Gasteiger partial charge is 0.164 e. The van der Waals surface area contributed by atoms with Gasteiger partial charge in [0.2, 0.25) is 0 Å². The van der Waals surface area contributed by atoms with E-state index in [4.69, 9.17) is 24.9 Å². The average molecular weight is 844 g/mol. The molecule has 5 heteroatoms.